The number of ether oxygens (including phenoxy) is 2. The molecule has 0 bridgehead atoms. The Balaban J connectivity index is 0.000000730. The summed E-state index contributed by atoms with van der Waals surface area (Å²) in [6, 6.07) is 9.29. The zero-order valence-electron chi connectivity index (χ0n) is 18.0. The molecule has 164 valence electrons. The standard InChI is InChI=1S/C23H27N3O2.CH2O2/c1-15-9-18(13-25-12-15)16-3-4-17-11-22(7-5-19(27-2)6-8-22)23(20(17)10-16)14-28-21(24)26-23;2-1-3/h3-4,9-10,12-13,19H,5-8,11,14H2,1-2H3,(H2,24,26);1H,(H,2,3). The predicted octanol–water partition coefficient (Wildman–Crippen LogP) is 3.43. The predicted molar refractivity (Wildman–Crippen MR) is 118 cm³/mol. The Morgan fingerprint density at radius 3 is 2.58 bits per heavy atom. The van der Waals surface area contributed by atoms with E-state index in [0.29, 0.717) is 18.7 Å². The quantitative estimate of drug-likeness (QED) is 0.717. The molecule has 1 aromatic heterocycles. The first-order valence-corrected chi connectivity index (χ1v) is 10.6. The first-order chi connectivity index (χ1) is 15.0. The second kappa shape index (κ2) is 8.30. The summed E-state index contributed by atoms with van der Waals surface area (Å²) in [4.78, 5) is 17.7. The lowest BCUT2D eigenvalue weighted by Gasteiger charge is -2.45. The first kappa shape index (κ1) is 21.3. The number of benzene rings is 1. The summed E-state index contributed by atoms with van der Waals surface area (Å²) in [6.45, 7) is 2.36. The highest BCUT2D eigenvalue weighted by Gasteiger charge is 2.61. The highest BCUT2D eigenvalue weighted by atomic mass is 16.5. The lowest BCUT2D eigenvalue weighted by atomic mass is 9.62. The third-order valence-corrected chi connectivity index (χ3v) is 7.12. The van der Waals surface area contributed by atoms with Gasteiger partial charge < -0.3 is 20.3 Å². The van der Waals surface area contributed by atoms with Gasteiger partial charge in [-0.05, 0) is 73.4 Å². The molecule has 31 heavy (non-hydrogen) atoms. The van der Waals surface area contributed by atoms with Gasteiger partial charge in [0, 0.05) is 30.5 Å². The van der Waals surface area contributed by atoms with Gasteiger partial charge in [-0.3, -0.25) is 9.78 Å². The smallest absolute Gasteiger partial charge is 0.290 e. The van der Waals surface area contributed by atoms with Crippen LogP contribution in [0.3, 0.4) is 0 Å². The third-order valence-electron chi connectivity index (χ3n) is 7.12. The Morgan fingerprint density at radius 1 is 1.23 bits per heavy atom. The fraction of sp³-hybridized carbons (Fsp3) is 0.458. The number of amidine groups is 1. The molecule has 2 heterocycles. The van der Waals surface area contributed by atoms with Crippen LogP contribution in [0.5, 0.6) is 0 Å². The zero-order valence-corrected chi connectivity index (χ0v) is 18.0. The topological polar surface area (TPSA) is 107 Å². The van der Waals surface area contributed by atoms with E-state index in [1.165, 1.54) is 16.7 Å². The minimum Gasteiger partial charge on any atom is -0.483 e. The monoisotopic (exact) mass is 423 g/mol. The van der Waals surface area contributed by atoms with Gasteiger partial charge in [0.2, 0.25) is 0 Å². The molecule has 1 fully saturated rings. The summed E-state index contributed by atoms with van der Waals surface area (Å²) in [7, 11) is 1.82. The van der Waals surface area contributed by atoms with E-state index in [1.807, 2.05) is 19.5 Å². The van der Waals surface area contributed by atoms with E-state index in [2.05, 4.69) is 36.2 Å². The number of nitrogens with two attached hydrogens (primary N) is 1. The van der Waals surface area contributed by atoms with Crippen molar-refractivity contribution >= 4 is 12.5 Å². The molecule has 5 rings (SSSR count). The van der Waals surface area contributed by atoms with Crippen LogP contribution in [-0.4, -0.2) is 42.4 Å². The van der Waals surface area contributed by atoms with Gasteiger partial charge in [-0.25, -0.2) is 4.99 Å². The molecule has 7 heteroatoms. The van der Waals surface area contributed by atoms with Crippen LogP contribution in [0, 0.1) is 12.3 Å². The molecule has 2 aliphatic carbocycles. The summed E-state index contributed by atoms with van der Waals surface area (Å²) >= 11 is 0. The third kappa shape index (κ3) is 3.57. The number of aryl methyl sites for hydroxylation is 1. The van der Waals surface area contributed by atoms with Crippen LogP contribution < -0.4 is 5.73 Å². The molecule has 1 atom stereocenters. The maximum atomic E-state index is 8.36. The van der Waals surface area contributed by atoms with Gasteiger partial charge in [0.25, 0.3) is 12.5 Å². The molecular weight excluding hydrogens is 394 g/mol. The Labute approximate surface area is 182 Å². The van der Waals surface area contributed by atoms with E-state index in [1.54, 1.807) is 0 Å². The molecule has 3 N–H and O–H groups in total. The highest BCUT2D eigenvalue weighted by Crippen LogP contribution is 2.61. The average Bonchev–Trinajstić information content (AvgIpc) is 3.28. The lowest BCUT2D eigenvalue weighted by Crippen LogP contribution is -2.46. The molecule has 0 amide bonds. The van der Waals surface area contributed by atoms with Crippen molar-refractivity contribution in [2.24, 2.45) is 16.1 Å². The maximum Gasteiger partial charge on any atom is 0.290 e. The molecule has 1 unspecified atom stereocenters. The van der Waals surface area contributed by atoms with Crippen molar-refractivity contribution in [1.82, 2.24) is 4.98 Å². The van der Waals surface area contributed by atoms with E-state index in [9.17, 15) is 0 Å². The zero-order chi connectivity index (χ0) is 22.1. The highest BCUT2D eigenvalue weighted by molar-refractivity contribution is 5.76. The molecule has 2 spiro atoms. The number of aliphatic imine (C=N–C) groups is 1. The van der Waals surface area contributed by atoms with Gasteiger partial charge in [-0.2, -0.15) is 0 Å². The number of methoxy groups -OCH3 is 1. The minimum absolute atomic E-state index is 0.0644. The fourth-order valence-corrected chi connectivity index (χ4v) is 5.62. The maximum absolute atomic E-state index is 8.36. The van der Waals surface area contributed by atoms with Gasteiger partial charge in [-0.1, -0.05) is 12.1 Å². The first-order valence-electron chi connectivity index (χ1n) is 10.6. The van der Waals surface area contributed by atoms with Crippen LogP contribution in [0.2, 0.25) is 0 Å². The van der Waals surface area contributed by atoms with Crippen molar-refractivity contribution in [2.75, 3.05) is 13.7 Å². The van der Waals surface area contributed by atoms with E-state index < -0.39 is 0 Å². The van der Waals surface area contributed by atoms with Crippen molar-refractivity contribution < 1.29 is 19.4 Å². The molecule has 0 radical (unpaired) electrons. The van der Waals surface area contributed by atoms with E-state index in [0.717, 1.165) is 43.2 Å². The Kier molecular flexibility index (Phi) is 5.71. The molecule has 1 saturated carbocycles. The van der Waals surface area contributed by atoms with Crippen LogP contribution in [-0.2, 0) is 26.2 Å². The second-order valence-electron chi connectivity index (χ2n) is 8.72. The molecule has 2 aromatic rings. The van der Waals surface area contributed by atoms with E-state index in [-0.39, 0.29) is 17.4 Å². The van der Waals surface area contributed by atoms with E-state index in [4.69, 9.17) is 30.1 Å². The molecule has 1 aliphatic heterocycles. The number of pyridine rings is 1. The summed E-state index contributed by atoms with van der Waals surface area (Å²) < 4.78 is 11.4. The number of fused-ring (bicyclic) bond motifs is 3. The molecule has 3 aliphatic rings. The molecule has 7 nitrogen and oxygen atoms in total. The van der Waals surface area contributed by atoms with Gasteiger partial charge >= 0.3 is 0 Å². The number of aromatic nitrogens is 1. The summed E-state index contributed by atoms with van der Waals surface area (Å²) in [5.74, 6) is 0. The van der Waals surface area contributed by atoms with Crippen molar-refractivity contribution in [1.29, 1.82) is 0 Å². The number of hydrogen-bond acceptors (Lipinski definition) is 6. The van der Waals surface area contributed by atoms with E-state index >= 15 is 0 Å². The molecule has 0 saturated heterocycles. The Bertz CT molecular complexity index is 998. The summed E-state index contributed by atoms with van der Waals surface area (Å²) in [5, 5.41) is 6.89. The van der Waals surface area contributed by atoms with Crippen LogP contribution in [0.15, 0.2) is 41.7 Å². The lowest BCUT2D eigenvalue weighted by molar-refractivity contribution is -0.122. The van der Waals surface area contributed by atoms with Crippen molar-refractivity contribution in [3.05, 3.63) is 53.3 Å². The van der Waals surface area contributed by atoms with Gasteiger partial charge in [0.05, 0.1) is 6.10 Å². The molecule has 1 aromatic carbocycles. The number of hydrogen-bond donors (Lipinski definition) is 2. The second-order valence-corrected chi connectivity index (χ2v) is 8.72. The van der Waals surface area contributed by atoms with Crippen molar-refractivity contribution in [3.63, 3.8) is 0 Å². The summed E-state index contributed by atoms with van der Waals surface area (Å²) in [6.07, 6.45) is 9.50. The van der Waals surface area contributed by atoms with Crippen molar-refractivity contribution in [3.8, 4) is 11.1 Å². The van der Waals surface area contributed by atoms with Crippen molar-refractivity contribution in [2.45, 2.75) is 50.7 Å². The van der Waals surface area contributed by atoms with Gasteiger partial charge in [-0.15, -0.1) is 0 Å². The van der Waals surface area contributed by atoms with Gasteiger partial charge in [0.15, 0.2) is 0 Å². The van der Waals surface area contributed by atoms with Crippen LogP contribution in [0.1, 0.15) is 42.4 Å². The number of carbonyl (C=O) groups is 1. The average molecular weight is 424 g/mol. The number of carboxylic acid groups (broad SMARTS) is 1. The van der Waals surface area contributed by atoms with Crippen LogP contribution in [0.25, 0.3) is 11.1 Å². The normalized spacial score (nSPS) is 28.5. The number of nitrogens with zero attached hydrogens (tertiary/aromatic N) is 2. The number of rotatable bonds is 2. The fourth-order valence-electron chi connectivity index (χ4n) is 5.62. The molecular formula is C24H29N3O4. The largest absolute Gasteiger partial charge is 0.483 e. The van der Waals surface area contributed by atoms with Crippen LogP contribution >= 0.6 is 0 Å². The van der Waals surface area contributed by atoms with Gasteiger partial charge in [0.1, 0.15) is 12.1 Å². The summed E-state index contributed by atoms with van der Waals surface area (Å²) in [5.41, 5.74) is 11.9. The Hall–Kier alpha value is -2.93. The SMILES string of the molecule is COC1CCC2(CC1)Cc1ccc(-c3cncc(C)c3)cc1C21COC(N)=N1.O=CO. The van der Waals surface area contributed by atoms with Crippen LogP contribution in [0.4, 0.5) is 0 Å². The Morgan fingerprint density at radius 2 is 1.97 bits per heavy atom. The minimum atomic E-state index is -0.377.